The number of hydrogen-bond acceptors (Lipinski definition) is 4. The predicted molar refractivity (Wildman–Crippen MR) is 58.8 cm³/mol. The van der Waals surface area contributed by atoms with Gasteiger partial charge in [0.15, 0.2) is 0 Å². The molecule has 0 radical (unpaired) electrons. The summed E-state index contributed by atoms with van der Waals surface area (Å²) in [5.41, 5.74) is 0.992. The summed E-state index contributed by atoms with van der Waals surface area (Å²) in [6.07, 6.45) is 3.86. The van der Waals surface area contributed by atoms with Gasteiger partial charge in [-0.25, -0.2) is 9.97 Å². The molecular weight excluding hydrogens is 190 g/mol. The van der Waals surface area contributed by atoms with E-state index in [-0.39, 0.29) is 6.61 Å². The van der Waals surface area contributed by atoms with Crippen LogP contribution >= 0.6 is 0 Å². The molecule has 1 unspecified atom stereocenters. The highest BCUT2D eigenvalue weighted by Gasteiger charge is 2.20. The molecule has 1 aromatic rings. The summed E-state index contributed by atoms with van der Waals surface area (Å²) in [6.45, 7) is 4.19. The standard InChI is InChI=1S/C11H17N3O/c1-9-5-11(13-8-12-9)14-4-2-3-10(6-14)7-15/h5,8,10,15H,2-4,6-7H2,1H3. The van der Waals surface area contributed by atoms with E-state index in [2.05, 4.69) is 14.9 Å². The third-order valence-corrected chi connectivity index (χ3v) is 2.89. The lowest BCUT2D eigenvalue weighted by atomic mass is 9.99. The molecule has 15 heavy (non-hydrogen) atoms. The van der Waals surface area contributed by atoms with Gasteiger partial charge >= 0.3 is 0 Å². The van der Waals surface area contributed by atoms with Crippen LogP contribution in [0.25, 0.3) is 0 Å². The molecule has 4 nitrogen and oxygen atoms in total. The van der Waals surface area contributed by atoms with Crippen molar-refractivity contribution < 1.29 is 5.11 Å². The number of aliphatic hydroxyl groups excluding tert-OH is 1. The second kappa shape index (κ2) is 4.57. The maximum atomic E-state index is 9.15. The molecule has 82 valence electrons. The first kappa shape index (κ1) is 10.4. The van der Waals surface area contributed by atoms with Crippen molar-refractivity contribution in [3.05, 3.63) is 18.1 Å². The summed E-state index contributed by atoms with van der Waals surface area (Å²) in [4.78, 5) is 10.6. The maximum absolute atomic E-state index is 9.15. The van der Waals surface area contributed by atoms with E-state index in [1.54, 1.807) is 6.33 Å². The quantitative estimate of drug-likeness (QED) is 0.785. The Morgan fingerprint density at radius 1 is 1.53 bits per heavy atom. The Morgan fingerprint density at radius 3 is 3.13 bits per heavy atom. The van der Waals surface area contributed by atoms with Crippen molar-refractivity contribution >= 4 is 5.82 Å². The fourth-order valence-corrected chi connectivity index (χ4v) is 2.04. The highest BCUT2D eigenvalue weighted by atomic mass is 16.3. The third-order valence-electron chi connectivity index (χ3n) is 2.89. The van der Waals surface area contributed by atoms with Gasteiger partial charge in [0.05, 0.1) is 0 Å². The summed E-state index contributed by atoms with van der Waals surface area (Å²) in [5, 5.41) is 9.15. The van der Waals surface area contributed by atoms with Crippen molar-refractivity contribution in [1.29, 1.82) is 0 Å². The Balaban J connectivity index is 2.09. The molecule has 1 fully saturated rings. The summed E-state index contributed by atoms with van der Waals surface area (Å²) >= 11 is 0. The fraction of sp³-hybridized carbons (Fsp3) is 0.636. The average Bonchev–Trinajstić information content (AvgIpc) is 2.29. The van der Waals surface area contributed by atoms with E-state index in [9.17, 15) is 0 Å². The van der Waals surface area contributed by atoms with Crippen molar-refractivity contribution in [1.82, 2.24) is 9.97 Å². The van der Waals surface area contributed by atoms with Gasteiger partial charge in [0.2, 0.25) is 0 Å². The fourth-order valence-electron chi connectivity index (χ4n) is 2.04. The molecule has 0 spiro atoms. The third kappa shape index (κ3) is 2.45. The number of aliphatic hydroxyl groups is 1. The minimum Gasteiger partial charge on any atom is -0.396 e. The van der Waals surface area contributed by atoms with Gasteiger partial charge in [-0.05, 0) is 25.7 Å². The lowest BCUT2D eigenvalue weighted by Gasteiger charge is -2.32. The van der Waals surface area contributed by atoms with E-state index < -0.39 is 0 Å². The first-order valence-corrected chi connectivity index (χ1v) is 5.44. The van der Waals surface area contributed by atoms with Crippen LogP contribution in [0.1, 0.15) is 18.5 Å². The topological polar surface area (TPSA) is 49.2 Å². The van der Waals surface area contributed by atoms with Crippen LogP contribution in [0.3, 0.4) is 0 Å². The molecule has 0 amide bonds. The molecule has 1 aliphatic heterocycles. The van der Waals surface area contributed by atoms with Gasteiger partial charge in [0.25, 0.3) is 0 Å². The molecular formula is C11H17N3O. The van der Waals surface area contributed by atoms with Crippen LogP contribution in [0.4, 0.5) is 5.82 Å². The van der Waals surface area contributed by atoms with E-state index in [1.165, 1.54) is 0 Å². The summed E-state index contributed by atoms with van der Waals surface area (Å²) in [6, 6.07) is 2.00. The van der Waals surface area contributed by atoms with Gasteiger partial charge in [0, 0.05) is 31.5 Å². The zero-order chi connectivity index (χ0) is 10.7. The Hall–Kier alpha value is -1.16. The molecule has 0 aliphatic carbocycles. The van der Waals surface area contributed by atoms with E-state index in [4.69, 9.17) is 5.11 Å². The highest BCUT2D eigenvalue weighted by molar-refractivity contribution is 5.39. The first-order chi connectivity index (χ1) is 7.29. The first-order valence-electron chi connectivity index (χ1n) is 5.44. The Bertz CT molecular complexity index is 329. The Labute approximate surface area is 90.0 Å². The lowest BCUT2D eigenvalue weighted by Crippen LogP contribution is -2.37. The molecule has 0 bridgehead atoms. The minimum absolute atomic E-state index is 0.278. The van der Waals surface area contributed by atoms with Gasteiger partial charge in [-0.3, -0.25) is 0 Å². The second-order valence-corrected chi connectivity index (χ2v) is 4.15. The average molecular weight is 207 g/mol. The van der Waals surface area contributed by atoms with Crippen LogP contribution < -0.4 is 4.90 Å². The molecule has 2 heterocycles. The molecule has 0 saturated carbocycles. The summed E-state index contributed by atoms with van der Waals surface area (Å²) in [5.74, 6) is 1.38. The Morgan fingerprint density at radius 2 is 2.40 bits per heavy atom. The number of nitrogens with zero attached hydrogens (tertiary/aromatic N) is 3. The number of rotatable bonds is 2. The second-order valence-electron chi connectivity index (χ2n) is 4.15. The zero-order valence-corrected chi connectivity index (χ0v) is 9.06. The van der Waals surface area contributed by atoms with Crippen LogP contribution in [0.2, 0.25) is 0 Å². The van der Waals surface area contributed by atoms with Crippen molar-refractivity contribution in [2.45, 2.75) is 19.8 Å². The molecule has 1 aliphatic rings. The smallest absolute Gasteiger partial charge is 0.132 e. The van der Waals surface area contributed by atoms with Gasteiger partial charge in [-0.2, -0.15) is 0 Å². The van der Waals surface area contributed by atoms with Crippen LogP contribution in [0.15, 0.2) is 12.4 Å². The van der Waals surface area contributed by atoms with Crippen LogP contribution in [0.5, 0.6) is 0 Å². The number of anilines is 1. The van der Waals surface area contributed by atoms with E-state index in [0.717, 1.165) is 37.4 Å². The normalized spacial score (nSPS) is 21.7. The van der Waals surface area contributed by atoms with Crippen LogP contribution in [0, 0.1) is 12.8 Å². The van der Waals surface area contributed by atoms with Crippen molar-refractivity contribution in [2.75, 3.05) is 24.6 Å². The molecule has 0 aromatic carbocycles. The van der Waals surface area contributed by atoms with Gasteiger partial charge in [-0.1, -0.05) is 0 Å². The highest BCUT2D eigenvalue weighted by Crippen LogP contribution is 2.20. The summed E-state index contributed by atoms with van der Waals surface area (Å²) in [7, 11) is 0. The van der Waals surface area contributed by atoms with Crippen molar-refractivity contribution in [2.24, 2.45) is 5.92 Å². The minimum atomic E-state index is 0.278. The molecule has 2 rings (SSSR count). The van der Waals surface area contributed by atoms with E-state index >= 15 is 0 Å². The molecule has 1 N–H and O–H groups in total. The Kier molecular flexibility index (Phi) is 3.16. The maximum Gasteiger partial charge on any atom is 0.132 e. The van der Waals surface area contributed by atoms with Gasteiger partial charge < -0.3 is 10.0 Å². The van der Waals surface area contributed by atoms with Crippen molar-refractivity contribution in [3.63, 3.8) is 0 Å². The molecule has 1 saturated heterocycles. The largest absolute Gasteiger partial charge is 0.396 e. The van der Waals surface area contributed by atoms with Gasteiger partial charge in [0.1, 0.15) is 12.1 Å². The van der Waals surface area contributed by atoms with Gasteiger partial charge in [-0.15, -0.1) is 0 Å². The number of piperidine rings is 1. The predicted octanol–water partition coefficient (Wildman–Crippen LogP) is 0.994. The lowest BCUT2D eigenvalue weighted by molar-refractivity contribution is 0.208. The molecule has 1 atom stereocenters. The number of hydrogen-bond donors (Lipinski definition) is 1. The zero-order valence-electron chi connectivity index (χ0n) is 9.06. The van der Waals surface area contributed by atoms with E-state index in [0.29, 0.717) is 5.92 Å². The van der Waals surface area contributed by atoms with Crippen LogP contribution in [-0.2, 0) is 0 Å². The summed E-state index contributed by atoms with van der Waals surface area (Å²) < 4.78 is 0. The number of aryl methyl sites for hydroxylation is 1. The van der Waals surface area contributed by atoms with Crippen LogP contribution in [-0.4, -0.2) is 34.8 Å². The number of aromatic nitrogens is 2. The molecule has 1 aromatic heterocycles. The van der Waals surface area contributed by atoms with E-state index in [1.807, 2.05) is 13.0 Å². The SMILES string of the molecule is Cc1cc(N2CCCC(CO)C2)ncn1. The van der Waals surface area contributed by atoms with Crippen molar-refractivity contribution in [3.8, 4) is 0 Å². The molecule has 4 heteroatoms. The monoisotopic (exact) mass is 207 g/mol.